The van der Waals surface area contributed by atoms with Gasteiger partial charge in [0.15, 0.2) is 5.75 Å². The summed E-state index contributed by atoms with van der Waals surface area (Å²) in [6, 6.07) is 3.93. The van der Waals surface area contributed by atoms with Gasteiger partial charge in [-0.05, 0) is 24.6 Å². The number of nitrogens with one attached hydrogen (secondary N) is 3. The highest BCUT2D eigenvalue weighted by molar-refractivity contribution is 6.31. The number of benzene rings is 1. The molecule has 8 heteroatoms. The van der Waals surface area contributed by atoms with Crippen LogP contribution in [0.1, 0.15) is 23.7 Å². The van der Waals surface area contributed by atoms with Crippen LogP contribution in [0.25, 0.3) is 0 Å². The van der Waals surface area contributed by atoms with Crippen molar-refractivity contribution in [3.05, 3.63) is 41.2 Å². The Morgan fingerprint density at radius 3 is 2.57 bits per heavy atom. The van der Waals surface area contributed by atoms with E-state index in [4.69, 9.17) is 22.1 Å². The summed E-state index contributed by atoms with van der Waals surface area (Å²) < 4.78 is 5.64. The number of amides is 3. The zero-order chi connectivity index (χ0) is 16.8. The Labute approximate surface area is 138 Å². The molecule has 5 N–H and O–H groups in total. The Morgan fingerprint density at radius 2 is 2.00 bits per heavy atom. The van der Waals surface area contributed by atoms with Gasteiger partial charge in [-0.15, -0.1) is 0 Å². The first kappa shape index (κ1) is 16.7. The maximum atomic E-state index is 12.2. The molecule has 3 amide bonds. The first-order chi connectivity index (χ1) is 11.0. The van der Waals surface area contributed by atoms with Crippen LogP contribution in [0.5, 0.6) is 5.75 Å². The number of aromatic amines is 1. The summed E-state index contributed by atoms with van der Waals surface area (Å²) >= 11 is 6.04. The van der Waals surface area contributed by atoms with Crippen molar-refractivity contribution in [2.45, 2.75) is 13.3 Å². The number of hydrogen-bond donors (Lipinski definition) is 4. The van der Waals surface area contributed by atoms with E-state index in [1.54, 1.807) is 24.5 Å². The third-order valence-corrected chi connectivity index (χ3v) is 3.09. The highest BCUT2D eigenvalue weighted by Crippen LogP contribution is 2.37. The quantitative estimate of drug-likeness (QED) is 0.650. The summed E-state index contributed by atoms with van der Waals surface area (Å²) in [6.45, 7) is 2.34. The molecule has 0 aliphatic heterocycles. The number of rotatable bonds is 6. The molecule has 0 aliphatic carbocycles. The number of hydrogen-bond acceptors (Lipinski definition) is 3. The maximum absolute atomic E-state index is 12.2. The van der Waals surface area contributed by atoms with Gasteiger partial charge in [-0.2, -0.15) is 0 Å². The Balaban J connectivity index is 2.36. The maximum Gasteiger partial charge on any atom is 0.316 e. The van der Waals surface area contributed by atoms with Crippen LogP contribution in [-0.4, -0.2) is 23.5 Å². The number of ether oxygens (including phenoxy) is 1. The van der Waals surface area contributed by atoms with Crippen molar-refractivity contribution in [1.82, 2.24) is 4.98 Å². The number of primary amides is 1. The van der Waals surface area contributed by atoms with Gasteiger partial charge in [0, 0.05) is 17.4 Å². The number of carbonyl (C=O) groups excluding carboxylic acids is 2. The zero-order valence-corrected chi connectivity index (χ0v) is 13.2. The van der Waals surface area contributed by atoms with Gasteiger partial charge in [-0.3, -0.25) is 4.79 Å². The van der Waals surface area contributed by atoms with E-state index >= 15 is 0 Å². The molecule has 122 valence electrons. The van der Waals surface area contributed by atoms with Crippen molar-refractivity contribution < 1.29 is 14.3 Å². The summed E-state index contributed by atoms with van der Waals surface area (Å²) in [4.78, 5) is 26.2. The van der Waals surface area contributed by atoms with Crippen LogP contribution in [0, 0.1) is 0 Å². The lowest BCUT2D eigenvalue weighted by Gasteiger charge is -2.16. The lowest BCUT2D eigenvalue weighted by molar-refractivity contribution is 0.102. The molecule has 1 aromatic heterocycles. The van der Waals surface area contributed by atoms with E-state index in [0.717, 1.165) is 6.42 Å². The second-order valence-electron chi connectivity index (χ2n) is 4.72. The van der Waals surface area contributed by atoms with E-state index in [1.807, 2.05) is 6.92 Å². The van der Waals surface area contributed by atoms with Crippen LogP contribution in [-0.2, 0) is 0 Å². The minimum absolute atomic E-state index is 0.294. The van der Waals surface area contributed by atoms with E-state index in [-0.39, 0.29) is 5.91 Å². The molecule has 1 aromatic carbocycles. The Hall–Kier alpha value is -2.67. The molecule has 2 rings (SSSR count). The lowest BCUT2D eigenvalue weighted by atomic mass is 10.2. The van der Waals surface area contributed by atoms with Crippen molar-refractivity contribution in [2.75, 3.05) is 17.2 Å². The van der Waals surface area contributed by atoms with Crippen molar-refractivity contribution >= 4 is 34.9 Å². The number of carbonyl (C=O) groups is 2. The van der Waals surface area contributed by atoms with E-state index < -0.39 is 6.03 Å². The number of anilines is 2. The van der Waals surface area contributed by atoms with Crippen LogP contribution in [0.2, 0.25) is 5.02 Å². The molecule has 0 aliphatic rings. The highest BCUT2D eigenvalue weighted by atomic mass is 35.5. The molecule has 0 saturated carbocycles. The number of aromatic nitrogens is 1. The zero-order valence-electron chi connectivity index (χ0n) is 12.5. The normalized spacial score (nSPS) is 10.2. The minimum Gasteiger partial charge on any atom is -0.489 e. The van der Waals surface area contributed by atoms with Gasteiger partial charge in [0.05, 0.1) is 23.5 Å². The van der Waals surface area contributed by atoms with Crippen molar-refractivity contribution in [3.63, 3.8) is 0 Å². The number of nitrogens with two attached hydrogens (primary N) is 1. The molecular formula is C15H17ClN4O3. The lowest BCUT2D eigenvalue weighted by Crippen LogP contribution is -2.20. The second-order valence-corrected chi connectivity index (χ2v) is 5.16. The third kappa shape index (κ3) is 4.40. The molecule has 0 saturated heterocycles. The van der Waals surface area contributed by atoms with Crippen molar-refractivity contribution in [2.24, 2.45) is 5.73 Å². The summed E-state index contributed by atoms with van der Waals surface area (Å²) in [5.41, 5.74) is 6.26. The van der Waals surface area contributed by atoms with E-state index in [0.29, 0.717) is 34.3 Å². The summed E-state index contributed by atoms with van der Waals surface area (Å²) in [5.74, 6) is -0.0289. The summed E-state index contributed by atoms with van der Waals surface area (Å²) in [7, 11) is 0. The molecule has 0 atom stereocenters. The summed E-state index contributed by atoms with van der Waals surface area (Å²) in [5, 5.41) is 5.48. The van der Waals surface area contributed by atoms with Crippen LogP contribution in [0.15, 0.2) is 30.6 Å². The standard InChI is InChI=1S/C15H17ClN4O3/c1-2-5-23-13-11(19-14(21)9-3-4-18-8-9)6-10(16)7-12(13)20-15(17)22/h3-4,6-8,18H,2,5H2,1H3,(H,19,21)(H3,17,20,22). The summed E-state index contributed by atoms with van der Waals surface area (Å²) in [6.07, 6.45) is 3.96. The number of urea groups is 1. The largest absolute Gasteiger partial charge is 0.489 e. The Kier molecular flexibility index (Phi) is 5.48. The first-order valence-electron chi connectivity index (χ1n) is 6.98. The molecule has 7 nitrogen and oxygen atoms in total. The number of H-pyrrole nitrogens is 1. The molecule has 0 unspecified atom stereocenters. The van der Waals surface area contributed by atoms with Crippen LogP contribution in [0.3, 0.4) is 0 Å². The molecule has 0 radical (unpaired) electrons. The second kappa shape index (κ2) is 7.55. The fraction of sp³-hybridized carbons (Fsp3) is 0.200. The van der Waals surface area contributed by atoms with Crippen LogP contribution >= 0.6 is 11.6 Å². The van der Waals surface area contributed by atoms with Gasteiger partial charge in [-0.1, -0.05) is 18.5 Å². The van der Waals surface area contributed by atoms with Gasteiger partial charge in [0.2, 0.25) is 0 Å². The smallest absolute Gasteiger partial charge is 0.316 e. The fourth-order valence-electron chi connectivity index (χ4n) is 1.93. The monoisotopic (exact) mass is 336 g/mol. The van der Waals surface area contributed by atoms with Gasteiger partial charge in [0.25, 0.3) is 5.91 Å². The molecule has 0 bridgehead atoms. The Morgan fingerprint density at radius 1 is 1.30 bits per heavy atom. The average molecular weight is 337 g/mol. The first-order valence-corrected chi connectivity index (χ1v) is 7.36. The topological polar surface area (TPSA) is 109 Å². The SMILES string of the molecule is CCCOc1c(NC(N)=O)cc(Cl)cc1NC(=O)c1cc[nH]c1. The Bertz CT molecular complexity index is 701. The third-order valence-electron chi connectivity index (χ3n) is 2.87. The molecule has 0 spiro atoms. The molecule has 0 fully saturated rings. The van der Waals surface area contributed by atoms with E-state index in [2.05, 4.69) is 15.6 Å². The average Bonchev–Trinajstić information content (AvgIpc) is 3.00. The molecular weight excluding hydrogens is 320 g/mol. The molecule has 2 aromatic rings. The van der Waals surface area contributed by atoms with Gasteiger partial charge in [-0.25, -0.2) is 4.79 Å². The van der Waals surface area contributed by atoms with Gasteiger partial charge >= 0.3 is 6.03 Å². The fourth-order valence-corrected chi connectivity index (χ4v) is 2.15. The highest BCUT2D eigenvalue weighted by Gasteiger charge is 2.16. The van der Waals surface area contributed by atoms with Crippen LogP contribution in [0.4, 0.5) is 16.2 Å². The van der Waals surface area contributed by atoms with Gasteiger partial charge < -0.3 is 26.1 Å². The molecule has 23 heavy (non-hydrogen) atoms. The predicted molar refractivity (Wildman–Crippen MR) is 89.2 cm³/mol. The van der Waals surface area contributed by atoms with Crippen LogP contribution < -0.4 is 21.1 Å². The van der Waals surface area contributed by atoms with E-state index in [9.17, 15) is 9.59 Å². The van der Waals surface area contributed by atoms with Crippen molar-refractivity contribution in [3.8, 4) is 5.75 Å². The van der Waals surface area contributed by atoms with Gasteiger partial charge in [0.1, 0.15) is 0 Å². The van der Waals surface area contributed by atoms with E-state index in [1.165, 1.54) is 6.07 Å². The molecule has 1 heterocycles. The minimum atomic E-state index is -0.753. The van der Waals surface area contributed by atoms with Crippen molar-refractivity contribution in [1.29, 1.82) is 0 Å². The predicted octanol–water partition coefficient (Wildman–Crippen LogP) is 3.20. The number of halogens is 1.